The van der Waals surface area contributed by atoms with Gasteiger partial charge in [0, 0.05) is 25.7 Å². The van der Waals surface area contributed by atoms with Crippen molar-refractivity contribution in [3.05, 3.63) is 35.6 Å². The molecule has 1 aromatic carbocycles. The highest BCUT2D eigenvalue weighted by atomic mass is 19.1. The van der Waals surface area contributed by atoms with Crippen molar-refractivity contribution in [2.75, 3.05) is 26.2 Å². The number of carbonyl (C=O) groups is 3. The van der Waals surface area contributed by atoms with Gasteiger partial charge in [0.05, 0.1) is 0 Å². The zero-order chi connectivity index (χ0) is 18.2. The van der Waals surface area contributed by atoms with Gasteiger partial charge < -0.3 is 15.5 Å². The second kappa shape index (κ2) is 6.44. The molecule has 0 aromatic heterocycles. The van der Waals surface area contributed by atoms with Crippen LogP contribution in [-0.2, 0) is 15.1 Å². The molecule has 2 aliphatic rings. The monoisotopic (exact) mass is 348 g/mol. The molecular formula is C17H21FN4O3. The van der Waals surface area contributed by atoms with Crippen molar-refractivity contribution in [2.24, 2.45) is 0 Å². The van der Waals surface area contributed by atoms with E-state index in [0.717, 1.165) is 4.90 Å². The SMILES string of the molecule is C[C@H]1CNCCN1C(=O)CN1C(=O)NC(C)(c2ccc(F)cc2)C1=O. The van der Waals surface area contributed by atoms with Gasteiger partial charge >= 0.3 is 6.03 Å². The first-order valence-electron chi connectivity index (χ1n) is 8.23. The molecule has 8 heteroatoms. The quantitative estimate of drug-likeness (QED) is 0.776. The summed E-state index contributed by atoms with van der Waals surface area (Å²) in [5.41, 5.74) is -0.835. The number of imide groups is 1. The number of piperazine rings is 1. The first-order chi connectivity index (χ1) is 11.8. The van der Waals surface area contributed by atoms with Gasteiger partial charge in [-0.05, 0) is 31.5 Å². The fourth-order valence-corrected chi connectivity index (χ4v) is 3.26. The minimum atomic E-state index is -1.31. The van der Waals surface area contributed by atoms with E-state index >= 15 is 0 Å². The van der Waals surface area contributed by atoms with Crippen molar-refractivity contribution in [1.29, 1.82) is 0 Å². The van der Waals surface area contributed by atoms with Crippen molar-refractivity contribution in [2.45, 2.75) is 25.4 Å². The van der Waals surface area contributed by atoms with E-state index in [1.165, 1.54) is 24.3 Å². The fraction of sp³-hybridized carbons (Fsp3) is 0.471. The maximum Gasteiger partial charge on any atom is 0.325 e. The minimum Gasteiger partial charge on any atom is -0.336 e. The smallest absolute Gasteiger partial charge is 0.325 e. The molecule has 0 aliphatic carbocycles. The lowest BCUT2D eigenvalue weighted by atomic mass is 9.92. The maximum atomic E-state index is 13.1. The molecule has 4 amide bonds. The van der Waals surface area contributed by atoms with E-state index < -0.39 is 23.3 Å². The molecule has 7 nitrogen and oxygen atoms in total. The Labute approximate surface area is 145 Å². The van der Waals surface area contributed by atoms with Crippen LogP contribution in [0.2, 0.25) is 0 Å². The van der Waals surface area contributed by atoms with Crippen LogP contribution in [0.25, 0.3) is 0 Å². The van der Waals surface area contributed by atoms with Crippen LogP contribution < -0.4 is 10.6 Å². The van der Waals surface area contributed by atoms with Crippen LogP contribution in [0, 0.1) is 5.82 Å². The summed E-state index contributed by atoms with van der Waals surface area (Å²) in [6, 6.07) is 4.76. The van der Waals surface area contributed by atoms with Gasteiger partial charge in [-0.1, -0.05) is 12.1 Å². The first kappa shape index (κ1) is 17.3. The Hall–Kier alpha value is -2.48. The standard InChI is InChI=1S/C17H21FN4O3/c1-11-9-19-7-8-21(11)14(23)10-22-15(24)17(2,20-16(22)25)12-3-5-13(18)6-4-12/h3-6,11,19H,7-10H2,1-2H3,(H,20,25)/t11-,17?/m0/s1. The molecule has 1 unspecified atom stereocenters. The van der Waals surface area contributed by atoms with E-state index in [-0.39, 0.29) is 18.5 Å². The van der Waals surface area contributed by atoms with Crippen LogP contribution >= 0.6 is 0 Å². The highest BCUT2D eigenvalue weighted by Crippen LogP contribution is 2.29. The number of benzene rings is 1. The zero-order valence-corrected chi connectivity index (χ0v) is 14.2. The lowest BCUT2D eigenvalue weighted by Crippen LogP contribution is -2.55. The number of rotatable bonds is 3. The van der Waals surface area contributed by atoms with Crippen molar-refractivity contribution < 1.29 is 18.8 Å². The van der Waals surface area contributed by atoms with Crippen LogP contribution in [0.3, 0.4) is 0 Å². The molecule has 0 spiro atoms. The van der Waals surface area contributed by atoms with E-state index in [0.29, 0.717) is 25.2 Å². The number of amides is 4. The highest BCUT2D eigenvalue weighted by molar-refractivity contribution is 6.09. The molecule has 2 N–H and O–H groups in total. The number of nitrogens with one attached hydrogen (secondary N) is 2. The molecule has 0 bridgehead atoms. The third-order valence-corrected chi connectivity index (χ3v) is 4.81. The van der Waals surface area contributed by atoms with Gasteiger partial charge in [-0.3, -0.25) is 14.5 Å². The normalized spacial score (nSPS) is 26.8. The minimum absolute atomic E-state index is 0.00509. The Bertz CT molecular complexity index is 708. The molecule has 2 heterocycles. The summed E-state index contributed by atoms with van der Waals surface area (Å²) in [7, 11) is 0. The molecule has 25 heavy (non-hydrogen) atoms. The summed E-state index contributed by atoms with van der Waals surface area (Å²) in [4.78, 5) is 40.2. The average Bonchev–Trinajstić information content (AvgIpc) is 2.80. The molecule has 134 valence electrons. The third-order valence-electron chi connectivity index (χ3n) is 4.81. The molecule has 2 aliphatic heterocycles. The predicted octanol–water partition coefficient (Wildman–Crippen LogP) is 0.413. The van der Waals surface area contributed by atoms with E-state index in [9.17, 15) is 18.8 Å². The number of urea groups is 1. The lowest BCUT2D eigenvalue weighted by molar-refractivity contribution is -0.140. The summed E-state index contributed by atoms with van der Waals surface area (Å²) in [6.45, 7) is 5.07. The number of halogens is 1. The summed E-state index contributed by atoms with van der Waals surface area (Å²) >= 11 is 0. The molecule has 2 fully saturated rings. The Kier molecular flexibility index (Phi) is 4.47. The molecule has 0 radical (unpaired) electrons. The Morgan fingerprint density at radius 1 is 1.32 bits per heavy atom. The number of hydrogen-bond acceptors (Lipinski definition) is 4. The van der Waals surface area contributed by atoms with E-state index in [2.05, 4.69) is 10.6 Å². The number of hydrogen-bond donors (Lipinski definition) is 2. The lowest BCUT2D eigenvalue weighted by Gasteiger charge is -2.34. The molecule has 0 saturated carbocycles. The molecular weight excluding hydrogens is 327 g/mol. The van der Waals surface area contributed by atoms with E-state index in [1.807, 2.05) is 6.92 Å². The number of carbonyl (C=O) groups excluding carboxylic acids is 3. The largest absolute Gasteiger partial charge is 0.336 e. The van der Waals surface area contributed by atoms with Gasteiger partial charge in [-0.15, -0.1) is 0 Å². The molecule has 1 aromatic rings. The second-order valence-electron chi connectivity index (χ2n) is 6.59. The maximum absolute atomic E-state index is 13.1. The second-order valence-corrected chi connectivity index (χ2v) is 6.59. The van der Waals surface area contributed by atoms with Gasteiger partial charge in [0.1, 0.15) is 17.9 Å². The topological polar surface area (TPSA) is 81.8 Å². The van der Waals surface area contributed by atoms with Gasteiger partial charge in [0.25, 0.3) is 5.91 Å². The van der Waals surface area contributed by atoms with Crippen molar-refractivity contribution >= 4 is 17.8 Å². The highest BCUT2D eigenvalue weighted by Gasteiger charge is 2.49. The molecule has 2 saturated heterocycles. The van der Waals surface area contributed by atoms with Gasteiger partial charge in [0.2, 0.25) is 5.91 Å². The predicted molar refractivity (Wildman–Crippen MR) is 88.0 cm³/mol. The Morgan fingerprint density at radius 3 is 2.64 bits per heavy atom. The van der Waals surface area contributed by atoms with Gasteiger partial charge in [0.15, 0.2) is 0 Å². The van der Waals surface area contributed by atoms with Crippen LogP contribution in [0.15, 0.2) is 24.3 Å². The van der Waals surface area contributed by atoms with Crippen LogP contribution in [0.4, 0.5) is 9.18 Å². The number of nitrogens with zero attached hydrogens (tertiary/aromatic N) is 2. The summed E-state index contributed by atoms with van der Waals surface area (Å²) in [6.07, 6.45) is 0. The summed E-state index contributed by atoms with van der Waals surface area (Å²) in [5, 5.41) is 5.80. The van der Waals surface area contributed by atoms with E-state index in [4.69, 9.17) is 0 Å². The zero-order valence-electron chi connectivity index (χ0n) is 14.2. The van der Waals surface area contributed by atoms with Crippen LogP contribution in [0.5, 0.6) is 0 Å². The average molecular weight is 348 g/mol. The Balaban J connectivity index is 1.77. The summed E-state index contributed by atoms with van der Waals surface area (Å²) in [5.74, 6) is -1.20. The van der Waals surface area contributed by atoms with Crippen LogP contribution in [0.1, 0.15) is 19.4 Å². The fourth-order valence-electron chi connectivity index (χ4n) is 3.26. The van der Waals surface area contributed by atoms with Gasteiger partial charge in [-0.2, -0.15) is 0 Å². The molecule has 3 rings (SSSR count). The van der Waals surface area contributed by atoms with Crippen molar-refractivity contribution in [3.63, 3.8) is 0 Å². The van der Waals surface area contributed by atoms with Crippen LogP contribution in [-0.4, -0.2) is 59.9 Å². The molecule has 2 atom stereocenters. The van der Waals surface area contributed by atoms with E-state index in [1.54, 1.807) is 11.8 Å². The summed E-state index contributed by atoms with van der Waals surface area (Å²) < 4.78 is 13.1. The first-order valence-corrected chi connectivity index (χ1v) is 8.23. The van der Waals surface area contributed by atoms with Gasteiger partial charge in [-0.25, -0.2) is 9.18 Å². The Morgan fingerprint density at radius 2 is 2.00 bits per heavy atom. The van der Waals surface area contributed by atoms with Crippen molar-refractivity contribution in [1.82, 2.24) is 20.4 Å². The third kappa shape index (κ3) is 3.09. The van der Waals surface area contributed by atoms with Crippen molar-refractivity contribution in [3.8, 4) is 0 Å².